The molecule has 1 heterocycles. The molecule has 0 unspecified atom stereocenters. The molecule has 0 bridgehead atoms. The minimum Gasteiger partial charge on any atom is -0.370 e. The van der Waals surface area contributed by atoms with Crippen LogP contribution < -0.4 is 5.73 Å². The van der Waals surface area contributed by atoms with E-state index < -0.39 is 0 Å². The fourth-order valence-corrected chi connectivity index (χ4v) is 1.18. The number of hydrogen-bond acceptors (Lipinski definition) is 2. The lowest BCUT2D eigenvalue weighted by Crippen LogP contribution is -2.33. The molecule has 1 aromatic rings. The molecule has 0 aliphatic carbocycles. The molecule has 0 aliphatic rings. The molecule has 0 saturated carbocycles. The summed E-state index contributed by atoms with van der Waals surface area (Å²) in [5, 5.41) is 0. The molecular formula is C10H16N4. The van der Waals surface area contributed by atoms with Crippen LogP contribution in [-0.4, -0.2) is 29.9 Å². The summed E-state index contributed by atoms with van der Waals surface area (Å²) in [6.07, 6.45) is 0. The second-order valence-electron chi connectivity index (χ2n) is 3.21. The van der Waals surface area contributed by atoms with E-state index in [9.17, 15) is 0 Å². The number of pyridine rings is 1. The van der Waals surface area contributed by atoms with Crippen LogP contribution in [0.5, 0.6) is 0 Å². The van der Waals surface area contributed by atoms with Gasteiger partial charge < -0.3 is 10.6 Å². The normalized spacial score (nSPS) is 11.5. The van der Waals surface area contributed by atoms with Gasteiger partial charge in [0.05, 0.1) is 12.2 Å². The zero-order valence-corrected chi connectivity index (χ0v) is 8.86. The van der Waals surface area contributed by atoms with Crippen LogP contribution >= 0.6 is 0 Å². The number of aryl methyl sites for hydroxylation is 1. The Labute approximate surface area is 84.5 Å². The molecular weight excluding hydrogens is 176 g/mol. The van der Waals surface area contributed by atoms with Crippen LogP contribution in [0.2, 0.25) is 0 Å². The first-order chi connectivity index (χ1) is 6.63. The molecule has 0 fully saturated rings. The Kier molecular flexibility index (Phi) is 3.45. The second-order valence-corrected chi connectivity index (χ2v) is 3.21. The highest BCUT2D eigenvalue weighted by Gasteiger charge is 2.02. The summed E-state index contributed by atoms with van der Waals surface area (Å²) >= 11 is 0. The van der Waals surface area contributed by atoms with Crippen molar-refractivity contribution >= 4 is 5.96 Å². The molecule has 0 aromatic carbocycles. The lowest BCUT2D eigenvalue weighted by molar-refractivity contribution is 0.485. The van der Waals surface area contributed by atoms with E-state index in [0.29, 0.717) is 12.5 Å². The Morgan fingerprint density at radius 1 is 1.57 bits per heavy atom. The third-order valence-electron chi connectivity index (χ3n) is 1.97. The van der Waals surface area contributed by atoms with Crippen LogP contribution in [-0.2, 0) is 6.54 Å². The number of guanidine groups is 1. The molecule has 0 aliphatic heterocycles. The maximum Gasteiger partial charge on any atom is 0.191 e. The van der Waals surface area contributed by atoms with Crippen molar-refractivity contribution in [3.05, 3.63) is 29.6 Å². The largest absolute Gasteiger partial charge is 0.370 e. The molecule has 1 aromatic heterocycles. The number of nitrogens with zero attached hydrogens (tertiary/aromatic N) is 3. The summed E-state index contributed by atoms with van der Waals surface area (Å²) in [6, 6.07) is 5.94. The third kappa shape index (κ3) is 2.73. The van der Waals surface area contributed by atoms with Gasteiger partial charge in [0.2, 0.25) is 0 Å². The summed E-state index contributed by atoms with van der Waals surface area (Å²) in [4.78, 5) is 10.1. The Bertz CT molecular complexity index is 333. The van der Waals surface area contributed by atoms with Crippen LogP contribution in [0.3, 0.4) is 0 Å². The predicted molar refractivity (Wildman–Crippen MR) is 58.0 cm³/mol. The van der Waals surface area contributed by atoms with Crippen LogP contribution in [0.15, 0.2) is 23.2 Å². The predicted octanol–water partition coefficient (Wildman–Crippen LogP) is 0.766. The van der Waals surface area contributed by atoms with E-state index in [0.717, 1.165) is 11.4 Å². The Hall–Kier alpha value is -1.58. The standard InChI is InChI=1S/C10H16N4/c1-8-5-4-6-9(13-8)7-14(3)10(11)12-2/h4-6H,7H2,1-3H3,(H2,11,12). The van der Waals surface area contributed by atoms with E-state index in [1.807, 2.05) is 37.1 Å². The summed E-state index contributed by atoms with van der Waals surface area (Å²) in [7, 11) is 3.57. The Morgan fingerprint density at radius 3 is 2.86 bits per heavy atom. The molecule has 4 heteroatoms. The van der Waals surface area contributed by atoms with Crippen molar-refractivity contribution in [2.24, 2.45) is 10.7 Å². The average molecular weight is 192 g/mol. The molecule has 76 valence electrons. The summed E-state index contributed by atoms with van der Waals surface area (Å²) in [5.74, 6) is 0.522. The van der Waals surface area contributed by atoms with Crippen molar-refractivity contribution in [1.82, 2.24) is 9.88 Å². The topological polar surface area (TPSA) is 54.5 Å². The number of aliphatic imine (C=N–C) groups is 1. The van der Waals surface area contributed by atoms with Crippen molar-refractivity contribution in [2.75, 3.05) is 14.1 Å². The second kappa shape index (κ2) is 4.60. The van der Waals surface area contributed by atoms with Gasteiger partial charge in [0.15, 0.2) is 5.96 Å². The van der Waals surface area contributed by atoms with E-state index in [-0.39, 0.29) is 0 Å². The summed E-state index contributed by atoms with van der Waals surface area (Å²) in [5.41, 5.74) is 7.67. The highest BCUT2D eigenvalue weighted by atomic mass is 15.2. The fraction of sp³-hybridized carbons (Fsp3) is 0.400. The van der Waals surface area contributed by atoms with Gasteiger partial charge in [-0.05, 0) is 19.1 Å². The van der Waals surface area contributed by atoms with E-state index in [4.69, 9.17) is 5.73 Å². The average Bonchev–Trinajstić information content (AvgIpc) is 2.16. The van der Waals surface area contributed by atoms with Crippen LogP contribution in [0.1, 0.15) is 11.4 Å². The van der Waals surface area contributed by atoms with Gasteiger partial charge in [0.25, 0.3) is 0 Å². The zero-order chi connectivity index (χ0) is 10.6. The minimum absolute atomic E-state index is 0.522. The molecule has 4 nitrogen and oxygen atoms in total. The van der Waals surface area contributed by atoms with E-state index in [1.165, 1.54) is 0 Å². The first-order valence-electron chi connectivity index (χ1n) is 4.49. The highest BCUT2D eigenvalue weighted by molar-refractivity contribution is 5.77. The van der Waals surface area contributed by atoms with Gasteiger partial charge in [-0.15, -0.1) is 0 Å². The van der Waals surface area contributed by atoms with E-state index in [1.54, 1.807) is 7.05 Å². The van der Waals surface area contributed by atoms with Crippen molar-refractivity contribution in [3.8, 4) is 0 Å². The quantitative estimate of drug-likeness (QED) is 0.556. The van der Waals surface area contributed by atoms with E-state index in [2.05, 4.69) is 9.98 Å². The van der Waals surface area contributed by atoms with Gasteiger partial charge in [0, 0.05) is 19.8 Å². The molecule has 0 amide bonds. The van der Waals surface area contributed by atoms with Gasteiger partial charge in [0.1, 0.15) is 0 Å². The lowest BCUT2D eigenvalue weighted by atomic mass is 10.3. The fourth-order valence-electron chi connectivity index (χ4n) is 1.18. The SMILES string of the molecule is CN=C(N)N(C)Cc1cccc(C)n1. The molecule has 0 radical (unpaired) electrons. The highest BCUT2D eigenvalue weighted by Crippen LogP contribution is 2.01. The molecule has 0 spiro atoms. The van der Waals surface area contributed by atoms with Gasteiger partial charge in [-0.25, -0.2) is 0 Å². The maximum absolute atomic E-state index is 5.65. The number of hydrogen-bond donors (Lipinski definition) is 1. The summed E-state index contributed by atoms with van der Waals surface area (Å²) < 4.78 is 0. The van der Waals surface area contributed by atoms with Crippen molar-refractivity contribution < 1.29 is 0 Å². The van der Waals surface area contributed by atoms with Gasteiger partial charge in [-0.1, -0.05) is 6.07 Å². The minimum atomic E-state index is 0.522. The maximum atomic E-state index is 5.65. The van der Waals surface area contributed by atoms with Crippen molar-refractivity contribution in [3.63, 3.8) is 0 Å². The summed E-state index contributed by atoms with van der Waals surface area (Å²) in [6.45, 7) is 2.66. The van der Waals surface area contributed by atoms with Crippen LogP contribution in [0.4, 0.5) is 0 Å². The molecule has 14 heavy (non-hydrogen) atoms. The van der Waals surface area contributed by atoms with Gasteiger partial charge in [-0.2, -0.15) is 0 Å². The lowest BCUT2D eigenvalue weighted by Gasteiger charge is -2.16. The van der Waals surface area contributed by atoms with Gasteiger partial charge >= 0.3 is 0 Å². The number of nitrogens with two attached hydrogens (primary N) is 1. The number of aromatic nitrogens is 1. The van der Waals surface area contributed by atoms with E-state index >= 15 is 0 Å². The van der Waals surface area contributed by atoms with Crippen LogP contribution in [0, 0.1) is 6.92 Å². The zero-order valence-electron chi connectivity index (χ0n) is 8.86. The first-order valence-corrected chi connectivity index (χ1v) is 4.49. The Balaban J connectivity index is 2.69. The first kappa shape index (κ1) is 10.5. The van der Waals surface area contributed by atoms with Gasteiger partial charge in [-0.3, -0.25) is 9.98 Å². The molecule has 0 atom stereocenters. The van der Waals surface area contributed by atoms with Crippen LogP contribution in [0.25, 0.3) is 0 Å². The third-order valence-corrected chi connectivity index (χ3v) is 1.97. The van der Waals surface area contributed by atoms with Crippen molar-refractivity contribution in [2.45, 2.75) is 13.5 Å². The molecule has 0 saturated heterocycles. The molecule has 1 rings (SSSR count). The Morgan fingerprint density at radius 2 is 2.29 bits per heavy atom. The molecule has 2 N–H and O–H groups in total. The smallest absolute Gasteiger partial charge is 0.191 e. The number of rotatable bonds is 2. The monoisotopic (exact) mass is 192 g/mol. The van der Waals surface area contributed by atoms with Crippen molar-refractivity contribution in [1.29, 1.82) is 0 Å².